The minimum Gasteiger partial charge on any atom is -0.306 e. The molecule has 11 heteroatoms. The number of thiophene rings is 1. The molecular formula is C20H20Cl2N4O3S2. The van der Waals surface area contributed by atoms with Crippen LogP contribution in [0.3, 0.4) is 0 Å². The van der Waals surface area contributed by atoms with Crippen LogP contribution in [-0.2, 0) is 16.6 Å². The maximum Gasteiger partial charge on any atom is 0.268 e. The van der Waals surface area contributed by atoms with Crippen molar-refractivity contribution in [2.75, 3.05) is 18.4 Å². The highest BCUT2D eigenvalue weighted by molar-refractivity contribution is 7.89. The molecule has 1 aliphatic rings. The highest BCUT2D eigenvalue weighted by atomic mass is 35.5. The third-order valence-corrected chi connectivity index (χ3v) is 8.92. The zero-order chi connectivity index (χ0) is 22.0. The Morgan fingerprint density at radius 2 is 1.90 bits per heavy atom. The molecule has 1 amide bonds. The number of amides is 1. The van der Waals surface area contributed by atoms with Crippen LogP contribution in [0.2, 0.25) is 10.0 Å². The van der Waals surface area contributed by atoms with Crippen LogP contribution in [0.5, 0.6) is 0 Å². The molecular weight excluding hydrogens is 479 g/mol. The van der Waals surface area contributed by atoms with E-state index in [1.165, 1.54) is 10.4 Å². The number of carbonyl (C=O) groups excluding carboxylic acids is 1. The molecule has 0 atom stereocenters. The van der Waals surface area contributed by atoms with Crippen molar-refractivity contribution in [2.24, 2.45) is 0 Å². The SMILES string of the molecule is O=C(Nc1ccnn1Cc1cccc(Cl)c1Cl)c1sccc1S(=O)(=O)N1CCCCC1. The third-order valence-electron chi connectivity index (χ3n) is 5.08. The number of anilines is 1. The second-order valence-corrected chi connectivity index (χ2v) is 10.7. The Balaban J connectivity index is 1.55. The van der Waals surface area contributed by atoms with Gasteiger partial charge < -0.3 is 5.32 Å². The quantitative estimate of drug-likeness (QED) is 0.532. The van der Waals surface area contributed by atoms with Gasteiger partial charge in [-0.1, -0.05) is 41.8 Å². The van der Waals surface area contributed by atoms with Gasteiger partial charge in [-0.3, -0.25) is 4.79 Å². The highest BCUT2D eigenvalue weighted by Crippen LogP contribution is 2.29. The van der Waals surface area contributed by atoms with E-state index in [4.69, 9.17) is 23.2 Å². The number of benzene rings is 1. The normalized spacial score (nSPS) is 15.2. The summed E-state index contributed by atoms with van der Waals surface area (Å²) in [5.74, 6) is -0.0692. The minimum atomic E-state index is -3.71. The van der Waals surface area contributed by atoms with Crippen LogP contribution in [0.1, 0.15) is 34.5 Å². The first-order valence-corrected chi connectivity index (χ1v) is 12.8. The molecule has 1 saturated heterocycles. The zero-order valence-corrected chi connectivity index (χ0v) is 19.6. The predicted octanol–water partition coefficient (Wildman–Crippen LogP) is 4.73. The minimum absolute atomic E-state index is 0.0425. The fourth-order valence-corrected chi connectivity index (χ4v) is 6.67. The van der Waals surface area contributed by atoms with E-state index in [-0.39, 0.29) is 9.77 Å². The topological polar surface area (TPSA) is 84.3 Å². The van der Waals surface area contributed by atoms with Gasteiger partial charge in [0.05, 0.1) is 22.8 Å². The van der Waals surface area contributed by atoms with Crippen LogP contribution in [0.15, 0.2) is 46.8 Å². The lowest BCUT2D eigenvalue weighted by molar-refractivity contribution is 0.102. The number of nitrogens with one attached hydrogen (secondary N) is 1. The number of aromatic nitrogens is 2. The van der Waals surface area contributed by atoms with E-state index in [9.17, 15) is 13.2 Å². The Morgan fingerprint density at radius 1 is 1.13 bits per heavy atom. The second kappa shape index (κ2) is 9.30. The maximum atomic E-state index is 13.1. The lowest BCUT2D eigenvalue weighted by Crippen LogP contribution is -2.36. The van der Waals surface area contributed by atoms with E-state index in [2.05, 4.69) is 10.4 Å². The Bertz CT molecular complexity index is 1200. The van der Waals surface area contributed by atoms with Gasteiger partial charge in [-0.25, -0.2) is 13.1 Å². The Labute approximate surface area is 194 Å². The molecule has 1 aromatic carbocycles. The molecule has 0 spiro atoms. The van der Waals surface area contributed by atoms with E-state index in [1.54, 1.807) is 34.5 Å². The maximum absolute atomic E-state index is 13.1. The average molecular weight is 499 g/mol. The molecule has 0 bridgehead atoms. The molecule has 0 unspecified atom stereocenters. The van der Waals surface area contributed by atoms with Crippen molar-refractivity contribution in [1.82, 2.24) is 14.1 Å². The monoisotopic (exact) mass is 498 g/mol. The summed E-state index contributed by atoms with van der Waals surface area (Å²) in [6, 6.07) is 8.44. The molecule has 4 rings (SSSR count). The average Bonchev–Trinajstić information content (AvgIpc) is 3.42. The van der Waals surface area contributed by atoms with Gasteiger partial charge in [-0.15, -0.1) is 11.3 Å². The number of sulfonamides is 1. The van der Waals surface area contributed by atoms with Gasteiger partial charge in [0, 0.05) is 19.2 Å². The number of nitrogens with zero attached hydrogens (tertiary/aromatic N) is 3. The lowest BCUT2D eigenvalue weighted by atomic mass is 10.2. The molecule has 1 fully saturated rings. The van der Waals surface area contributed by atoms with Crippen molar-refractivity contribution in [3.63, 3.8) is 0 Å². The van der Waals surface area contributed by atoms with Crippen molar-refractivity contribution in [2.45, 2.75) is 30.7 Å². The first-order valence-electron chi connectivity index (χ1n) is 9.71. The van der Waals surface area contributed by atoms with Crippen LogP contribution in [0.25, 0.3) is 0 Å². The Hall–Kier alpha value is -1.91. The Morgan fingerprint density at radius 3 is 2.68 bits per heavy atom. The van der Waals surface area contributed by atoms with Gasteiger partial charge in [0.2, 0.25) is 10.0 Å². The number of piperidine rings is 1. The lowest BCUT2D eigenvalue weighted by Gasteiger charge is -2.25. The van der Waals surface area contributed by atoms with Gasteiger partial charge in [0.25, 0.3) is 5.91 Å². The van der Waals surface area contributed by atoms with Crippen molar-refractivity contribution < 1.29 is 13.2 Å². The molecule has 31 heavy (non-hydrogen) atoms. The predicted molar refractivity (Wildman–Crippen MR) is 123 cm³/mol. The van der Waals surface area contributed by atoms with E-state index in [0.717, 1.165) is 36.2 Å². The first kappa shape index (κ1) is 22.3. The number of carbonyl (C=O) groups is 1. The summed E-state index contributed by atoms with van der Waals surface area (Å²) in [4.78, 5) is 13.2. The molecule has 164 valence electrons. The number of hydrogen-bond donors (Lipinski definition) is 1. The first-order chi connectivity index (χ1) is 14.9. The van der Waals surface area contributed by atoms with Crippen molar-refractivity contribution >= 4 is 56.3 Å². The highest BCUT2D eigenvalue weighted by Gasteiger charge is 2.31. The summed E-state index contributed by atoms with van der Waals surface area (Å²) >= 11 is 13.4. The summed E-state index contributed by atoms with van der Waals surface area (Å²) in [6.45, 7) is 1.25. The molecule has 2 aromatic heterocycles. The van der Waals surface area contributed by atoms with Crippen LogP contribution >= 0.6 is 34.5 Å². The molecule has 0 saturated carbocycles. The molecule has 7 nitrogen and oxygen atoms in total. The molecule has 1 N–H and O–H groups in total. The summed E-state index contributed by atoms with van der Waals surface area (Å²) in [5, 5.41) is 9.49. The standard InChI is InChI=1S/C20H20Cl2N4O3S2/c21-15-6-4-5-14(18(15)22)13-26-17(7-9-23-26)24-20(27)19-16(8-12-30-19)31(28,29)25-10-2-1-3-11-25/h4-9,12H,1-3,10-11,13H2,(H,24,27). The molecule has 3 heterocycles. The molecule has 1 aliphatic heterocycles. The summed E-state index contributed by atoms with van der Waals surface area (Å²) < 4.78 is 29.2. The second-order valence-electron chi connectivity index (χ2n) is 7.12. The smallest absolute Gasteiger partial charge is 0.268 e. The van der Waals surface area contributed by atoms with E-state index in [1.807, 2.05) is 6.07 Å². The molecule has 0 aliphatic carbocycles. The van der Waals surface area contributed by atoms with E-state index < -0.39 is 15.9 Å². The van der Waals surface area contributed by atoms with Crippen LogP contribution < -0.4 is 5.32 Å². The van der Waals surface area contributed by atoms with Crippen molar-refractivity contribution in [3.05, 3.63) is 62.4 Å². The van der Waals surface area contributed by atoms with Gasteiger partial charge in [0.15, 0.2) is 0 Å². The number of halogens is 2. The summed E-state index contributed by atoms with van der Waals surface area (Å²) in [6.07, 6.45) is 4.23. The molecule has 0 radical (unpaired) electrons. The Kier molecular flexibility index (Phi) is 6.68. The fourth-order valence-electron chi connectivity index (χ4n) is 3.48. The number of hydrogen-bond acceptors (Lipinski definition) is 5. The van der Waals surface area contributed by atoms with Gasteiger partial charge >= 0.3 is 0 Å². The third kappa shape index (κ3) is 4.65. The van der Waals surface area contributed by atoms with E-state index >= 15 is 0 Å². The van der Waals surface area contributed by atoms with Crippen LogP contribution in [0.4, 0.5) is 5.82 Å². The fraction of sp³-hybridized carbons (Fsp3) is 0.300. The largest absolute Gasteiger partial charge is 0.306 e. The van der Waals surface area contributed by atoms with Crippen molar-refractivity contribution in [3.8, 4) is 0 Å². The van der Waals surface area contributed by atoms with Crippen molar-refractivity contribution in [1.29, 1.82) is 0 Å². The number of rotatable bonds is 6. The summed E-state index contributed by atoms with van der Waals surface area (Å²) in [7, 11) is -3.71. The molecule has 3 aromatic rings. The van der Waals surface area contributed by atoms with Gasteiger partial charge in [-0.2, -0.15) is 9.40 Å². The van der Waals surface area contributed by atoms with Gasteiger partial charge in [0.1, 0.15) is 15.6 Å². The zero-order valence-electron chi connectivity index (χ0n) is 16.4. The van der Waals surface area contributed by atoms with E-state index in [0.29, 0.717) is 35.5 Å². The van der Waals surface area contributed by atoms with Crippen LogP contribution in [-0.4, -0.2) is 41.5 Å². The van der Waals surface area contributed by atoms with Crippen LogP contribution in [0, 0.1) is 0 Å². The summed E-state index contributed by atoms with van der Waals surface area (Å²) in [5.41, 5.74) is 0.748. The van der Waals surface area contributed by atoms with Gasteiger partial charge in [-0.05, 0) is 35.9 Å².